The number of aliphatic hydroxyl groups excluding tert-OH is 1. The van der Waals surface area contributed by atoms with E-state index in [1.54, 1.807) is 7.11 Å². The zero-order chi connectivity index (χ0) is 13.0. The van der Waals surface area contributed by atoms with Gasteiger partial charge in [0.15, 0.2) is 0 Å². The Morgan fingerprint density at radius 3 is 2.39 bits per heavy atom. The first-order valence-electron chi connectivity index (χ1n) is 7.96. The van der Waals surface area contributed by atoms with Crippen molar-refractivity contribution in [3.63, 3.8) is 0 Å². The molecule has 0 amide bonds. The molecule has 2 rings (SSSR count). The molecule has 18 heavy (non-hydrogen) atoms. The lowest BCUT2D eigenvalue weighted by atomic mass is 9.67. The molecule has 2 aliphatic rings. The Morgan fingerprint density at radius 2 is 1.78 bits per heavy atom. The molecule has 1 N–H and O–H groups in total. The Kier molecular flexibility index (Phi) is 5.08. The van der Waals surface area contributed by atoms with Crippen molar-refractivity contribution >= 4 is 0 Å². The van der Waals surface area contributed by atoms with E-state index in [9.17, 15) is 5.11 Å². The summed E-state index contributed by atoms with van der Waals surface area (Å²) in [6.45, 7) is 2.27. The lowest BCUT2D eigenvalue weighted by Crippen LogP contribution is -2.51. The highest BCUT2D eigenvalue weighted by Gasteiger charge is 2.45. The Bertz CT molecular complexity index is 245. The molecule has 2 heteroatoms. The molecule has 0 aromatic rings. The molecule has 0 saturated heterocycles. The predicted octanol–water partition coefficient (Wildman–Crippen LogP) is 3.91. The van der Waals surface area contributed by atoms with Gasteiger partial charge in [-0.2, -0.15) is 0 Å². The van der Waals surface area contributed by atoms with Crippen LogP contribution in [0.15, 0.2) is 0 Å². The van der Waals surface area contributed by atoms with Crippen LogP contribution in [0.4, 0.5) is 0 Å². The maximum atomic E-state index is 10.9. The minimum atomic E-state index is -0.243. The van der Waals surface area contributed by atoms with Crippen LogP contribution in [0.1, 0.15) is 71.1 Å². The Labute approximate surface area is 112 Å². The second-order valence-electron chi connectivity index (χ2n) is 6.39. The molecule has 2 fully saturated rings. The van der Waals surface area contributed by atoms with Gasteiger partial charge in [0.2, 0.25) is 0 Å². The molecule has 0 aliphatic heterocycles. The number of hydrogen-bond acceptors (Lipinski definition) is 2. The van der Waals surface area contributed by atoms with Crippen molar-refractivity contribution in [2.75, 3.05) is 7.11 Å². The summed E-state index contributed by atoms with van der Waals surface area (Å²) in [5.41, 5.74) is -0.228. The molecule has 3 unspecified atom stereocenters. The molecule has 0 aromatic carbocycles. The minimum absolute atomic E-state index is 0.228. The molecule has 3 atom stereocenters. The quantitative estimate of drug-likeness (QED) is 0.824. The topological polar surface area (TPSA) is 29.5 Å². The maximum Gasteiger partial charge on any atom is 0.0939 e. The fourth-order valence-corrected chi connectivity index (χ4v) is 4.32. The van der Waals surface area contributed by atoms with Crippen LogP contribution < -0.4 is 0 Å². The van der Waals surface area contributed by atoms with E-state index in [-0.39, 0.29) is 11.7 Å². The molecule has 2 nitrogen and oxygen atoms in total. The average Bonchev–Trinajstić information content (AvgIpc) is 2.47. The Hall–Kier alpha value is -0.0800. The summed E-state index contributed by atoms with van der Waals surface area (Å²) < 4.78 is 5.84. The van der Waals surface area contributed by atoms with Crippen LogP contribution in [-0.4, -0.2) is 23.9 Å². The predicted molar refractivity (Wildman–Crippen MR) is 74.6 cm³/mol. The zero-order valence-corrected chi connectivity index (χ0v) is 12.2. The Morgan fingerprint density at radius 1 is 1.11 bits per heavy atom. The Balaban J connectivity index is 2.08. The van der Waals surface area contributed by atoms with E-state index in [1.165, 1.54) is 51.4 Å². The summed E-state index contributed by atoms with van der Waals surface area (Å²) >= 11 is 0. The average molecular weight is 254 g/mol. The van der Waals surface area contributed by atoms with Gasteiger partial charge >= 0.3 is 0 Å². The minimum Gasteiger partial charge on any atom is -0.390 e. The van der Waals surface area contributed by atoms with Crippen molar-refractivity contribution < 1.29 is 9.84 Å². The fourth-order valence-electron chi connectivity index (χ4n) is 4.32. The SMILES string of the molecule is CCC1CCCCC1C(O)C1(OC)CCCCC1. The highest BCUT2D eigenvalue weighted by Crippen LogP contribution is 2.43. The van der Waals surface area contributed by atoms with Gasteiger partial charge in [-0.25, -0.2) is 0 Å². The first kappa shape index (κ1) is 14.3. The third-order valence-electron chi connectivity index (χ3n) is 5.54. The van der Waals surface area contributed by atoms with Crippen LogP contribution in [-0.2, 0) is 4.74 Å². The monoisotopic (exact) mass is 254 g/mol. The van der Waals surface area contributed by atoms with Crippen LogP contribution in [0.2, 0.25) is 0 Å². The second kappa shape index (κ2) is 6.38. The molecule has 0 bridgehead atoms. The highest BCUT2D eigenvalue weighted by molar-refractivity contribution is 4.96. The van der Waals surface area contributed by atoms with E-state index in [4.69, 9.17) is 4.74 Å². The van der Waals surface area contributed by atoms with Crippen molar-refractivity contribution in [3.8, 4) is 0 Å². The number of hydrogen-bond donors (Lipinski definition) is 1. The number of rotatable bonds is 4. The molecule has 0 heterocycles. The summed E-state index contributed by atoms with van der Waals surface area (Å²) in [7, 11) is 1.80. The lowest BCUT2D eigenvalue weighted by Gasteiger charge is -2.46. The van der Waals surface area contributed by atoms with Gasteiger partial charge in [-0.15, -0.1) is 0 Å². The summed E-state index contributed by atoms with van der Waals surface area (Å²) in [4.78, 5) is 0. The molecule has 2 saturated carbocycles. The lowest BCUT2D eigenvalue weighted by molar-refractivity contribution is -0.154. The summed E-state index contributed by atoms with van der Waals surface area (Å²) in [5.74, 6) is 1.18. The van der Waals surface area contributed by atoms with Gasteiger partial charge in [-0.3, -0.25) is 0 Å². The van der Waals surface area contributed by atoms with E-state index in [0.717, 1.165) is 12.8 Å². The van der Waals surface area contributed by atoms with Crippen molar-refractivity contribution in [1.29, 1.82) is 0 Å². The molecule has 0 aromatic heterocycles. The standard InChI is InChI=1S/C16H30O2/c1-3-13-9-5-6-10-14(13)15(17)16(18-2)11-7-4-8-12-16/h13-15,17H,3-12H2,1-2H3. The normalized spacial score (nSPS) is 34.2. The highest BCUT2D eigenvalue weighted by atomic mass is 16.5. The summed E-state index contributed by atoms with van der Waals surface area (Å²) in [6, 6.07) is 0. The zero-order valence-electron chi connectivity index (χ0n) is 12.2. The van der Waals surface area contributed by atoms with Crippen LogP contribution >= 0.6 is 0 Å². The number of methoxy groups -OCH3 is 1. The van der Waals surface area contributed by atoms with Crippen LogP contribution in [0, 0.1) is 11.8 Å². The van der Waals surface area contributed by atoms with Gasteiger partial charge in [0.25, 0.3) is 0 Å². The van der Waals surface area contributed by atoms with Gasteiger partial charge in [-0.1, -0.05) is 51.9 Å². The van der Waals surface area contributed by atoms with Crippen molar-refractivity contribution in [2.45, 2.75) is 82.8 Å². The van der Waals surface area contributed by atoms with E-state index in [1.807, 2.05) is 0 Å². The third-order valence-corrected chi connectivity index (χ3v) is 5.54. The summed E-state index contributed by atoms with van der Waals surface area (Å²) in [5, 5.41) is 10.9. The maximum absolute atomic E-state index is 10.9. The van der Waals surface area contributed by atoms with Gasteiger partial charge in [0, 0.05) is 7.11 Å². The summed E-state index contributed by atoms with van der Waals surface area (Å²) in [6.07, 6.45) is 12.0. The van der Waals surface area contributed by atoms with Crippen molar-refractivity contribution in [3.05, 3.63) is 0 Å². The smallest absolute Gasteiger partial charge is 0.0939 e. The van der Waals surface area contributed by atoms with Gasteiger partial charge < -0.3 is 9.84 Å². The van der Waals surface area contributed by atoms with E-state index < -0.39 is 0 Å². The van der Waals surface area contributed by atoms with Crippen LogP contribution in [0.3, 0.4) is 0 Å². The first-order valence-corrected chi connectivity index (χ1v) is 7.96. The molecule has 0 radical (unpaired) electrons. The van der Waals surface area contributed by atoms with E-state index in [0.29, 0.717) is 11.8 Å². The molecular formula is C16H30O2. The van der Waals surface area contributed by atoms with Crippen molar-refractivity contribution in [2.24, 2.45) is 11.8 Å². The van der Waals surface area contributed by atoms with Crippen molar-refractivity contribution in [1.82, 2.24) is 0 Å². The second-order valence-corrected chi connectivity index (χ2v) is 6.39. The number of ether oxygens (including phenoxy) is 1. The van der Waals surface area contributed by atoms with Gasteiger partial charge in [0.1, 0.15) is 0 Å². The number of aliphatic hydroxyl groups is 1. The van der Waals surface area contributed by atoms with Gasteiger partial charge in [0.05, 0.1) is 11.7 Å². The molecule has 2 aliphatic carbocycles. The van der Waals surface area contributed by atoms with Crippen LogP contribution in [0.5, 0.6) is 0 Å². The first-order chi connectivity index (χ1) is 8.73. The molecule has 0 spiro atoms. The largest absolute Gasteiger partial charge is 0.390 e. The van der Waals surface area contributed by atoms with E-state index >= 15 is 0 Å². The van der Waals surface area contributed by atoms with Gasteiger partial charge in [-0.05, 0) is 31.1 Å². The van der Waals surface area contributed by atoms with Crippen LogP contribution in [0.25, 0.3) is 0 Å². The molecular weight excluding hydrogens is 224 g/mol. The van der Waals surface area contributed by atoms with E-state index in [2.05, 4.69) is 6.92 Å². The third kappa shape index (κ3) is 2.75. The fraction of sp³-hybridized carbons (Fsp3) is 1.00. The molecule has 106 valence electrons.